The van der Waals surface area contributed by atoms with Gasteiger partial charge in [0.2, 0.25) is 5.91 Å². The number of nitrogens with two attached hydrogens (primary N) is 1. The minimum absolute atomic E-state index is 0.0510. The predicted molar refractivity (Wildman–Crippen MR) is 71.4 cm³/mol. The lowest BCUT2D eigenvalue weighted by Gasteiger charge is -2.29. The highest BCUT2D eigenvalue weighted by Gasteiger charge is 2.18. The third kappa shape index (κ3) is 1.73. The van der Waals surface area contributed by atoms with Gasteiger partial charge >= 0.3 is 0 Å². The van der Waals surface area contributed by atoms with Gasteiger partial charge in [-0.3, -0.25) is 9.78 Å². The van der Waals surface area contributed by atoms with E-state index in [0.29, 0.717) is 18.8 Å². The second-order valence-corrected chi connectivity index (χ2v) is 4.34. The highest BCUT2D eigenvalue weighted by Crippen LogP contribution is 2.29. The van der Waals surface area contributed by atoms with Crippen molar-refractivity contribution in [1.82, 2.24) is 10.3 Å². The number of benzene rings is 1. The first-order valence-corrected chi connectivity index (χ1v) is 5.90. The Kier molecular flexibility index (Phi) is 2.51. The van der Waals surface area contributed by atoms with Gasteiger partial charge in [-0.25, -0.2) is 0 Å². The number of fused-ring (bicyclic) bond motifs is 1. The average Bonchev–Trinajstić information content (AvgIpc) is 2.39. The number of amides is 1. The highest BCUT2D eigenvalue weighted by atomic mass is 16.2. The third-order valence-corrected chi connectivity index (χ3v) is 3.16. The molecule has 5 nitrogen and oxygen atoms in total. The first-order valence-electron chi connectivity index (χ1n) is 5.90. The molecule has 0 radical (unpaired) electrons. The number of hydrogen-bond acceptors (Lipinski definition) is 4. The Morgan fingerprint density at radius 2 is 2.22 bits per heavy atom. The van der Waals surface area contributed by atoms with E-state index in [1.165, 1.54) is 0 Å². The Labute approximate surface area is 105 Å². The van der Waals surface area contributed by atoms with Crippen LogP contribution in [0.25, 0.3) is 10.9 Å². The van der Waals surface area contributed by atoms with E-state index in [1.807, 2.05) is 24.3 Å². The monoisotopic (exact) mass is 242 g/mol. The van der Waals surface area contributed by atoms with E-state index in [4.69, 9.17) is 5.73 Å². The zero-order chi connectivity index (χ0) is 12.5. The summed E-state index contributed by atoms with van der Waals surface area (Å²) >= 11 is 0. The predicted octanol–water partition coefficient (Wildman–Crippen LogP) is 0.753. The van der Waals surface area contributed by atoms with Crippen LogP contribution in [-0.4, -0.2) is 30.5 Å². The van der Waals surface area contributed by atoms with Gasteiger partial charge in [0.1, 0.15) is 0 Å². The van der Waals surface area contributed by atoms with Crippen molar-refractivity contribution < 1.29 is 4.79 Å². The number of nitrogens with one attached hydrogen (secondary N) is 1. The van der Waals surface area contributed by atoms with Crippen molar-refractivity contribution in [3.05, 3.63) is 30.5 Å². The number of rotatable bonds is 1. The SMILES string of the molecule is Nc1ccc(N2CCNC(=O)C2)c2cccnc12. The van der Waals surface area contributed by atoms with E-state index in [-0.39, 0.29) is 5.91 Å². The van der Waals surface area contributed by atoms with Gasteiger partial charge in [0.25, 0.3) is 0 Å². The van der Waals surface area contributed by atoms with Gasteiger partial charge in [0.05, 0.1) is 17.7 Å². The number of anilines is 2. The molecule has 0 unspecified atom stereocenters. The summed E-state index contributed by atoms with van der Waals surface area (Å²) < 4.78 is 0. The Bertz CT molecular complexity index is 611. The van der Waals surface area contributed by atoms with Crippen LogP contribution >= 0.6 is 0 Å². The summed E-state index contributed by atoms with van der Waals surface area (Å²) in [6, 6.07) is 7.67. The van der Waals surface area contributed by atoms with Gasteiger partial charge in [-0.2, -0.15) is 0 Å². The van der Waals surface area contributed by atoms with Gasteiger partial charge in [0.15, 0.2) is 0 Å². The molecule has 1 aliphatic rings. The molecule has 3 N–H and O–H groups in total. The quantitative estimate of drug-likeness (QED) is 0.724. The smallest absolute Gasteiger partial charge is 0.239 e. The van der Waals surface area contributed by atoms with Crippen LogP contribution in [0, 0.1) is 0 Å². The molecular formula is C13H14N4O. The average molecular weight is 242 g/mol. The van der Waals surface area contributed by atoms with Crippen LogP contribution in [0.3, 0.4) is 0 Å². The summed E-state index contributed by atoms with van der Waals surface area (Å²) in [6.45, 7) is 1.86. The Morgan fingerprint density at radius 1 is 1.33 bits per heavy atom. The summed E-state index contributed by atoms with van der Waals surface area (Å²) in [6.07, 6.45) is 1.73. The second-order valence-electron chi connectivity index (χ2n) is 4.34. The molecule has 0 aliphatic carbocycles. The lowest BCUT2D eigenvalue weighted by molar-refractivity contribution is -0.120. The zero-order valence-electron chi connectivity index (χ0n) is 9.89. The van der Waals surface area contributed by atoms with E-state index in [1.54, 1.807) is 6.20 Å². The van der Waals surface area contributed by atoms with Gasteiger partial charge in [-0.1, -0.05) is 0 Å². The number of hydrogen-bond donors (Lipinski definition) is 2. The molecule has 1 fully saturated rings. The number of nitrogen functional groups attached to an aromatic ring is 1. The molecule has 1 aliphatic heterocycles. The number of pyridine rings is 1. The topological polar surface area (TPSA) is 71.2 Å². The van der Waals surface area contributed by atoms with Gasteiger partial charge in [0, 0.05) is 30.4 Å². The fourth-order valence-corrected chi connectivity index (χ4v) is 2.30. The van der Waals surface area contributed by atoms with E-state index in [2.05, 4.69) is 15.2 Å². The zero-order valence-corrected chi connectivity index (χ0v) is 9.89. The van der Waals surface area contributed by atoms with Crippen LogP contribution in [0.1, 0.15) is 0 Å². The van der Waals surface area contributed by atoms with Crippen LogP contribution in [0.15, 0.2) is 30.5 Å². The van der Waals surface area contributed by atoms with Crippen molar-refractivity contribution in [2.24, 2.45) is 0 Å². The summed E-state index contributed by atoms with van der Waals surface area (Å²) in [5.41, 5.74) is 8.39. The number of piperazine rings is 1. The van der Waals surface area contributed by atoms with Crippen molar-refractivity contribution in [3.8, 4) is 0 Å². The van der Waals surface area contributed by atoms with E-state index in [0.717, 1.165) is 23.1 Å². The van der Waals surface area contributed by atoms with Crippen LogP contribution in [0.2, 0.25) is 0 Å². The van der Waals surface area contributed by atoms with Gasteiger partial charge in [-0.05, 0) is 24.3 Å². The number of nitrogens with zero attached hydrogens (tertiary/aromatic N) is 2. The van der Waals surface area contributed by atoms with E-state index >= 15 is 0 Å². The molecule has 1 saturated heterocycles. The molecule has 0 spiro atoms. The van der Waals surface area contributed by atoms with Crippen LogP contribution in [0.4, 0.5) is 11.4 Å². The van der Waals surface area contributed by atoms with Crippen LogP contribution in [-0.2, 0) is 4.79 Å². The Balaban J connectivity index is 2.11. The molecule has 2 heterocycles. The first-order chi connectivity index (χ1) is 8.75. The summed E-state index contributed by atoms with van der Waals surface area (Å²) in [4.78, 5) is 17.8. The molecule has 0 bridgehead atoms. The van der Waals surface area contributed by atoms with Crippen LogP contribution < -0.4 is 16.0 Å². The largest absolute Gasteiger partial charge is 0.397 e. The molecule has 1 aromatic carbocycles. The molecule has 3 rings (SSSR count). The molecule has 1 amide bonds. The third-order valence-electron chi connectivity index (χ3n) is 3.16. The van der Waals surface area contributed by atoms with E-state index in [9.17, 15) is 4.79 Å². The molecule has 5 heteroatoms. The van der Waals surface area contributed by atoms with Crippen LogP contribution in [0.5, 0.6) is 0 Å². The van der Waals surface area contributed by atoms with E-state index < -0.39 is 0 Å². The lowest BCUT2D eigenvalue weighted by Crippen LogP contribution is -2.47. The molecule has 92 valence electrons. The van der Waals surface area contributed by atoms with Crippen molar-refractivity contribution >= 4 is 28.2 Å². The lowest BCUT2D eigenvalue weighted by atomic mass is 10.1. The first kappa shape index (κ1) is 10.8. The summed E-state index contributed by atoms with van der Waals surface area (Å²) in [7, 11) is 0. The van der Waals surface area contributed by atoms with Crippen molar-refractivity contribution in [3.63, 3.8) is 0 Å². The Hall–Kier alpha value is -2.30. The summed E-state index contributed by atoms with van der Waals surface area (Å²) in [5, 5.41) is 3.81. The fraction of sp³-hybridized carbons (Fsp3) is 0.231. The van der Waals surface area contributed by atoms with Gasteiger partial charge in [-0.15, -0.1) is 0 Å². The molecule has 18 heavy (non-hydrogen) atoms. The molecule has 0 atom stereocenters. The standard InChI is InChI=1S/C13H14N4O/c14-10-3-4-11(9-2-1-5-16-13(9)10)17-7-6-15-12(18)8-17/h1-5H,6-8,14H2,(H,15,18). The van der Waals surface area contributed by atoms with Gasteiger partial charge < -0.3 is 16.0 Å². The number of carbonyl (C=O) groups excluding carboxylic acids is 1. The minimum atomic E-state index is 0.0510. The maximum Gasteiger partial charge on any atom is 0.239 e. The van der Waals surface area contributed by atoms with Crippen molar-refractivity contribution in [1.29, 1.82) is 0 Å². The number of carbonyl (C=O) groups is 1. The molecule has 0 saturated carbocycles. The molecule has 1 aromatic heterocycles. The van der Waals surface area contributed by atoms with Crippen molar-refractivity contribution in [2.45, 2.75) is 0 Å². The molecular weight excluding hydrogens is 228 g/mol. The van der Waals surface area contributed by atoms with Crippen molar-refractivity contribution in [2.75, 3.05) is 30.3 Å². The minimum Gasteiger partial charge on any atom is -0.397 e. The summed E-state index contributed by atoms with van der Waals surface area (Å²) in [5.74, 6) is 0.0510. The highest BCUT2D eigenvalue weighted by molar-refractivity contribution is 5.99. The maximum absolute atomic E-state index is 11.5. The number of aromatic nitrogens is 1. The second kappa shape index (κ2) is 4.18. The normalized spacial score (nSPS) is 15.8. The Morgan fingerprint density at radius 3 is 3.06 bits per heavy atom. The maximum atomic E-state index is 11.5. The fourth-order valence-electron chi connectivity index (χ4n) is 2.30. The molecule has 2 aromatic rings.